The molecule has 0 heterocycles. The Morgan fingerprint density at radius 1 is 1.36 bits per heavy atom. The van der Waals surface area contributed by atoms with Crippen LogP contribution in [0.25, 0.3) is 0 Å². The number of rotatable bonds is 1. The zero-order valence-electron chi connectivity index (χ0n) is 6.97. The van der Waals surface area contributed by atoms with Crippen molar-refractivity contribution < 1.29 is 17.7 Å². The lowest BCUT2D eigenvalue weighted by Gasteiger charge is -1.88. The molecule has 72 valence electrons. The van der Waals surface area contributed by atoms with Crippen molar-refractivity contribution in [2.75, 3.05) is 0 Å². The molecule has 1 rings (SSSR count). The van der Waals surface area contributed by atoms with Crippen LogP contribution in [0.3, 0.4) is 0 Å². The number of hydrogen-bond donors (Lipinski definition) is 1. The summed E-state index contributed by atoms with van der Waals surface area (Å²) in [5, 5.41) is 0. The van der Waals surface area contributed by atoms with E-state index in [1.807, 2.05) is 6.07 Å². The van der Waals surface area contributed by atoms with Crippen LogP contribution in [0.4, 0.5) is 0 Å². The van der Waals surface area contributed by atoms with Gasteiger partial charge in [-0.05, 0) is 12.1 Å². The smallest absolute Gasteiger partial charge is 0.332 e. The lowest BCUT2D eigenvalue weighted by Crippen LogP contribution is -2.02. The van der Waals surface area contributed by atoms with Crippen LogP contribution in [0.15, 0.2) is 30.3 Å². The summed E-state index contributed by atoms with van der Waals surface area (Å²) in [6.07, 6.45) is 0. The van der Waals surface area contributed by atoms with Gasteiger partial charge in [0.1, 0.15) is 0 Å². The fourth-order valence-electron chi connectivity index (χ4n) is 0.730. The largest absolute Gasteiger partial charge is 0.400 e. The maximum absolute atomic E-state index is 10.7. The summed E-state index contributed by atoms with van der Waals surface area (Å²) in [7, 11) is 0. The predicted molar refractivity (Wildman–Crippen MR) is 50.2 cm³/mol. The average Bonchev–Trinajstić information content (AvgIpc) is 2.15. The maximum atomic E-state index is 10.7. The molecule has 1 atom stereocenters. The Morgan fingerprint density at radius 2 is 2.00 bits per heavy atom. The van der Waals surface area contributed by atoms with Gasteiger partial charge in [-0.3, -0.25) is 4.55 Å². The Morgan fingerprint density at radius 3 is 2.57 bits per heavy atom. The molecule has 4 nitrogen and oxygen atoms in total. The monoisotopic (exact) mass is 210 g/mol. The molecule has 1 unspecified atom stereocenters. The second-order valence-corrected chi connectivity index (χ2v) is 2.80. The summed E-state index contributed by atoms with van der Waals surface area (Å²) in [5.41, 5.74) is 0.633. The van der Waals surface area contributed by atoms with Gasteiger partial charge in [0.25, 0.3) is 0 Å². The lowest BCUT2D eigenvalue weighted by molar-refractivity contribution is -0.127. The Labute approximate surface area is 83.4 Å². The van der Waals surface area contributed by atoms with E-state index in [0.717, 1.165) is 0 Å². The van der Waals surface area contributed by atoms with Crippen molar-refractivity contribution in [2.45, 2.75) is 0 Å². The van der Waals surface area contributed by atoms with Crippen molar-refractivity contribution in [3.63, 3.8) is 0 Å². The van der Waals surface area contributed by atoms with E-state index in [1.165, 1.54) is 0 Å². The van der Waals surface area contributed by atoms with Crippen LogP contribution in [0, 0.1) is 11.8 Å². The first-order valence-electron chi connectivity index (χ1n) is 3.58. The van der Waals surface area contributed by atoms with Crippen LogP contribution >= 0.6 is 0 Å². The maximum Gasteiger partial charge on any atom is 0.400 e. The zero-order valence-corrected chi connectivity index (χ0v) is 7.78. The van der Waals surface area contributed by atoms with E-state index in [1.54, 1.807) is 24.3 Å². The fourth-order valence-corrected chi connectivity index (χ4v) is 0.901. The topological polar surface area (TPSA) is 63.6 Å². The number of hydrogen-bond acceptors (Lipinski definition) is 3. The molecule has 0 aliphatic heterocycles. The molecule has 1 N–H and O–H groups in total. The quantitative estimate of drug-likeness (QED) is 0.548. The van der Waals surface area contributed by atoms with Crippen LogP contribution in [0.1, 0.15) is 5.56 Å². The van der Waals surface area contributed by atoms with Crippen molar-refractivity contribution in [3.8, 4) is 11.8 Å². The first-order valence-corrected chi connectivity index (χ1v) is 4.62. The van der Waals surface area contributed by atoms with Crippen molar-refractivity contribution in [1.29, 1.82) is 0 Å². The van der Waals surface area contributed by atoms with Crippen molar-refractivity contribution >= 4 is 17.3 Å². The minimum atomic E-state index is -2.61. The van der Waals surface area contributed by atoms with E-state index < -0.39 is 17.3 Å². The van der Waals surface area contributed by atoms with Crippen LogP contribution in [-0.2, 0) is 20.3 Å². The first-order chi connectivity index (χ1) is 6.68. The minimum absolute atomic E-state index is 0.633. The first kappa shape index (κ1) is 10.4. The molecule has 0 aliphatic carbocycles. The molecule has 1 aromatic carbocycles. The Hall–Kier alpha value is -1.64. The molecule has 0 aromatic heterocycles. The van der Waals surface area contributed by atoms with E-state index in [9.17, 15) is 9.00 Å². The van der Waals surface area contributed by atoms with E-state index in [-0.39, 0.29) is 0 Å². The summed E-state index contributed by atoms with van der Waals surface area (Å²) >= 11 is -2.61. The Bertz CT molecular complexity index is 402. The van der Waals surface area contributed by atoms with Crippen molar-refractivity contribution in [1.82, 2.24) is 0 Å². The van der Waals surface area contributed by atoms with Gasteiger partial charge in [-0.25, -0.2) is 4.79 Å². The molecule has 0 spiro atoms. The molecule has 5 heteroatoms. The molecule has 0 amide bonds. The number of carbonyl (C=O) groups is 1. The Kier molecular flexibility index (Phi) is 3.85. The van der Waals surface area contributed by atoms with Gasteiger partial charge in [0.15, 0.2) is 0 Å². The van der Waals surface area contributed by atoms with Gasteiger partial charge in [-0.1, -0.05) is 24.1 Å². The Balaban J connectivity index is 2.65. The van der Waals surface area contributed by atoms with E-state index in [4.69, 9.17) is 4.55 Å². The summed E-state index contributed by atoms with van der Waals surface area (Å²) in [6, 6.07) is 8.75. The van der Waals surface area contributed by atoms with Gasteiger partial charge in [0, 0.05) is 11.5 Å². The number of carbonyl (C=O) groups excluding carboxylic acids is 1. The third kappa shape index (κ3) is 3.85. The van der Waals surface area contributed by atoms with Crippen LogP contribution < -0.4 is 0 Å². The van der Waals surface area contributed by atoms with E-state index in [2.05, 4.69) is 16.0 Å². The molecule has 0 bridgehead atoms. The molecular weight excluding hydrogens is 204 g/mol. The SMILES string of the molecule is O=C(C#Cc1ccccc1)OS(=O)O. The van der Waals surface area contributed by atoms with Crippen molar-refractivity contribution in [3.05, 3.63) is 35.9 Å². The summed E-state index contributed by atoms with van der Waals surface area (Å²) in [5.74, 6) is 3.51. The zero-order chi connectivity index (χ0) is 10.4. The van der Waals surface area contributed by atoms with E-state index in [0.29, 0.717) is 5.56 Å². The fraction of sp³-hybridized carbons (Fsp3) is 0. The summed E-state index contributed by atoms with van der Waals surface area (Å²) < 4.78 is 22.1. The van der Waals surface area contributed by atoms with Crippen molar-refractivity contribution in [2.24, 2.45) is 0 Å². The molecular formula is C9H6O4S. The third-order valence-electron chi connectivity index (χ3n) is 1.23. The van der Waals surface area contributed by atoms with Gasteiger partial charge in [-0.15, -0.1) is 0 Å². The average molecular weight is 210 g/mol. The van der Waals surface area contributed by atoms with Gasteiger partial charge >= 0.3 is 17.3 Å². The second-order valence-electron chi connectivity index (χ2n) is 2.20. The van der Waals surface area contributed by atoms with Crippen LogP contribution in [0.5, 0.6) is 0 Å². The molecule has 0 aliphatic rings. The van der Waals surface area contributed by atoms with Gasteiger partial charge < -0.3 is 4.18 Å². The molecule has 14 heavy (non-hydrogen) atoms. The highest BCUT2D eigenvalue weighted by Crippen LogP contribution is 1.94. The van der Waals surface area contributed by atoms with Crippen LogP contribution in [-0.4, -0.2) is 14.7 Å². The molecule has 1 aromatic rings. The highest BCUT2D eigenvalue weighted by Gasteiger charge is 2.00. The van der Waals surface area contributed by atoms with E-state index >= 15 is 0 Å². The molecule has 0 saturated carbocycles. The highest BCUT2D eigenvalue weighted by molar-refractivity contribution is 7.74. The summed E-state index contributed by atoms with van der Waals surface area (Å²) in [4.78, 5) is 10.7. The molecule has 0 fully saturated rings. The van der Waals surface area contributed by atoms with Gasteiger partial charge in [0.2, 0.25) is 0 Å². The molecule has 0 radical (unpaired) electrons. The standard InChI is InChI=1S/C9H6O4S/c10-9(13-14(11)12)7-6-8-4-2-1-3-5-8/h1-5H,(H,11,12). The van der Waals surface area contributed by atoms with Crippen LogP contribution in [0.2, 0.25) is 0 Å². The summed E-state index contributed by atoms with van der Waals surface area (Å²) in [6.45, 7) is 0. The molecule has 0 saturated heterocycles. The highest BCUT2D eigenvalue weighted by atomic mass is 32.2. The minimum Gasteiger partial charge on any atom is -0.332 e. The van der Waals surface area contributed by atoms with Gasteiger partial charge in [-0.2, -0.15) is 4.21 Å². The third-order valence-corrected chi connectivity index (χ3v) is 1.52. The normalized spacial score (nSPS) is 10.9. The lowest BCUT2D eigenvalue weighted by atomic mass is 10.2. The number of benzene rings is 1. The second kappa shape index (κ2) is 5.17. The predicted octanol–water partition coefficient (Wildman–Crippen LogP) is 0.718. The van der Waals surface area contributed by atoms with Gasteiger partial charge in [0.05, 0.1) is 0 Å².